The fourth-order valence-electron chi connectivity index (χ4n) is 2.68. The van der Waals surface area contributed by atoms with Crippen LogP contribution in [0.3, 0.4) is 0 Å². The second-order valence-electron chi connectivity index (χ2n) is 5.77. The summed E-state index contributed by atoms with van der Waals surface area (Å²) in [6.07, 6.45) is 0.375. The number of anilines is 2. The maximum Gasteiger partial charge on any atom is 0.416 e. The molecule has 0 unspecified atom stereocenters. The number of hydrogen-bond donors (Lipinski definition) is 1. The van der Waals surface area contributed by atoms with Gasteiger partial charge in [-0.3, -0.25) is 4.98 Å². The van der Waals surface area contributed by atoms with Gasteiger partial charge in [-0.2, -0.15) is 13.2 Å². The number of rotatable bonds is 3. The predicted molar refractivity (Wildman–Crippen MR) is 90.9 cm³/mol. The van der Waals surface area contributed by atoms with Crippen molar-refractivity contribution in [3.05, 3.63) is 60.7 Å². The summed E-state index contributed by atoms with van der Waals surface area (Å²) in [5, 5.41) is 2.93. The number of fused-ring (bicyclic) bond motifs is 1. The Morgan fingerprint density at radius 3 is 2.73 bits per heavy atom. The standard InChI is InChI=1S/C18H13F3N4O/c1-25-16-8-14(11-5-6-26-10-11)22-9-15(16)24-17(25)23-13-4-2-3-12(7-13)18(19,20)21/h2-10H,1H3,(H,23,24). The van der Waals surface area contributed by atoms with Gasteiger partial charge in [-0.05, 0) is 30.3 Å². The number of alkyl halides is 3. The fourth-order valence-corrected chi connectivity index (χ4v) is 2.68. The van der Waals surface area contributed by atoms with E-state index < -0.39 is 11.7 Å². The molecule has 0 amide bonds. The van der Waals surface area contributed by atoms with Crippen LogP contribution in [-0.4, -0.2) is 14.5 Å². The molecule has 8 heteroatoms. The van der Waals surface area contributed by atoms with Crippen molar-refractivity contribution in [3.63, 3.8) is 0 Å². The average molecular weight is 358 g/mol. The molecule has 3 heterocycles. The SMILES string of the molecule is Cn1c(Nc2cccc(C(F)(F)F)c2)nc2cnc(-c3ccoc3)cc21. The zero-order valence-electron chi connectivity index (χ0n) is 13.6. The number of benzene rings is 1. The maximum atomic E-state index is 12.9. The normalized spacial score (nSPS) is 11.8. The molecule has 0 spiro atoms. The van der Waals surface area contributed by atoms with Gasteiger partial charge in [0.05, 0.1) is 35.5 Å². The summed E-state index contributed by atoms with van der Waals surface area (Å²) >= 11 is 0. The van der Waals surface area contributed by atoms with Crippen molar-refractivity contribution in [2.24, 2.45) is 7.05 Å². The quantitative estimate of drug-likeness (QED) is 0.560. The van der Waals surface area contributed by atoms with Crippen LogP contribution in [0.25, 0.3) is 22.3 Å². The van der Waals surface area contributed by atoms with Crippen LogP contribution in [-0.2, 0) is 13.2 Å². The average Bonchev–Trinajstić information content (AvgIpc) is 3.24. The highest BCUT2D eigenvalue weighted by atomic mass is 19.4. The van der Waals surface area contributed by atoms with Gasteiger partial charge in [0.15, 0.2) is 0 Å². The summed E-state index contributed by atoms with van der Waals surface area (Å²) in [5.41, 5.74) is 2.58. The van der Waals surface area contributed by atoms with Crippen LogP contribution in [0.1, 0.15) is 5.56 Å². The molecule has 0 saturated heterocycles. The topological polar surface area (TPSA) is 55.9 Å². The van der Waals surface area contributed by atoms with Crippen molar-refractivity contribution < 1.29 is 17.6 Å². The Hall–Kier alpha value is -3.29. The molecule has 0 aliphatic carbocycles. The number of imidazole rings is 1. The Morgan fingerprint density at radius 2 is 2.00 bits per heavy atom. The molecule has 0 fully saturated rings. The molecule has 4 aromatic rings. The summed E-state index contributed by atoms with van der Waals surface area (Å²) in [6.45, 7) is 0. The number of pyridine rings is 1. The molecule has 0 aliphatic rings. The molecule has 1 aromatic carbocycles. The molecule has 4 rings (SSSR count). The third kappa shape index (κ3) is 2.90. The van der Waals surface area contributed by atoms with E-state index in [0.29, 0.717) is 17.2 Å². The molecule has 0 saturated carbocycles. The van der Waals surface area contributed by atoms with Crippen LogP contribution in [0.2, 0.25) is 0 Å². The van der Waals surface area contributed by atoms with Crippen molar-refractivity contribution >= 4 is 22.7 Å². The van der Waals surface area contributed by atoms with Crippen LogP contribution in [0, 0.1) is 0 Å². The second kappa shape index (κ2) is 5.91. The predicted octanol–water partition coefficient (Wildman–Crippen LogP) is 4.99. The van der Waals surface area contributed by atoms with Crippen molar-refractivity contribution in [2.75, 3.05) is 5.32 Å². The highest BCUT2D eigenvalue weighted by molar-refractivity contribution is 5.82. The lowest BCUT2D eigenvalue weighted by Crippen LogP contribution is -2.06. The lowest BCUT2D eigenvalue weighted by Gasteiger charge is -2.10. The van der Waals surface area contributed by atoms with Gasteiger partial charge in [-0.1, -0.05) is 6.07 Å². The van der Waals surface area contributed by atoms with Crippen molar-refractivity contribution in [2.45, 2.75) is 6.18 Å². The zero-order valence-corrected chi connectivity index (χ0v) is 13.6. The number of hydrogen-bond acceptors (Lipinski definition) is 4. The number of halogens is 3. The lowest BCUT2D eigenvalue weighted by atomic mass is 10.2. The minimum absolute atomic E-state index is 0.307. The second-order valence-corrected chi connectivity index (χ2v) is 5.77. The third-order valence-corrected chi connectivity index (χ3v) is 4.03. The van der Waals surface area contributed by atoms with Gasteiger partial charge in [-0.25, -0.2) is 4.98 Å². The number of nitrogens with one attached hydrogen (secondary N) is 1. The van der Waals surface area contributed by atoms with Gasteiger partial charge in [0.1, 0.15) is 5.52 Å². The van der Waals surface area contributed by atoms with Gasteiger partial charge in [0.25, 0.3) is 0 Å². The van der Waals surface area contributed by atoms with Crippen molar-refractivity contribution in [1.29, 1.82) is 0 Å². The summed E-state index contributed by atoms with van der Waals surface area (Å²) in [5.74, 6) is 0.422. The van der Waals surface area contributed by atoms with Crippen molar-refractivity contribution in [1.82, 2.24) is 14.5 Å². The fraction of sp³-hybridized carbons (Fsp3) is 0.111. The Bertz CT molecular complexity index is 1070. The van der Waals surface area contributed by atoms with Crippen LogP contribution < -0.4 is 5.32 Å². The Kier molecular flexibility index (Phi) is 3.68. The van der Waals surface area contributed by atoms with Crippen LogP contribution in [0.5, 0.6) is 0 Å². The largest absolute Gasteiger partial charge is 0.472 e. The summed E-state index contributed by atoms with van der Waals surface area (Å²) in [6, 6.07) is 8.64. The number of furan rings is 1. The first-order valence-corrected chi connectivity index (χ1v) is 7.71. The van der Waals surface area contributed by atoms with E-state index in [4.69, 9.17) is 4.42 Å². The number of nitrogens with zero attached hydrogens (tertiary/aromatic N) is 3. The first-order valence-electron chi connectivity index (χ1n) is 7.71. The third-order valence-electron chi connectivity index (χ3n) is 4.03. The highest BCUT2D eigenvalue weighted by Crippen LogP contribution is 2.32. The Morgan fingerprint density at radius 1 is 1.15 bits per heavy atom. The van der Waals surface area contributed by atoms with Crippen LogP contribution in [0.15, 0.2) is 59.5 Å². The molecular weight excluding hydrogens is 345 g/mol. The van der Waals surface area contributed by atoms with Gasteiger partial charge in [-0.15, -0.1) is 0 Å². The van der Waals surface area contributed by atoms with Gasteiger partial charge < -0.3 is 14.3 Å². The number of aryl methyl sites for hydroxylation is 1. The van der Waals surface area contributed by atoms with E-state index in [1.165, 1.54) is 6.07 Å². The molecule has 0 radical (unpaired) electrons. The Labute approximate surface area is 146 Å². The molecule has 1 N–H and O–H groups in total. The molecule has 132 valence electrons. The lowest BCUT2D eigenvalue weighted by molar-refractivity contribution is -0.137. The van der Waals surface area contributed by atoms with Gasteiger partial charge >= 0.3 is 6.18 Å². The first-order chi connectivity index (χ1) is 12.4. The summed E-state index contributed by atoms with van der Waals surface area (Å²) in [7, 11) is 1.78. The summed E-state index contributed by atoms with van der Waals surface area (Å²) in [4.78, 5) is 8.75. The van der Waals surface area contributed by atoms with E-state index in [1.54, 1.807) is 42.5 Å². The van der Waals surface area contributed by atoms with Crippen LogP contribution in [0.4, 0.5) is 24.8 Å². The highest BCUT2D eigenvalue weighted by Gasteiger charge is 2.30. The molecule has 0 atom stereocenters. The Balaban J connectivity index is 1.70. The van der Waals surface area contributed by atoms with Gasteiger partial charge in [0, 0.05) is 18.3 Å². The molecule has 5 nitrogen and oxygen atoms in total. The summed E-state index contributed by atoms with van der Waals surface area (Å²) < 4.78 is 45.4. The number of aromatic nitrogens is 3. The molecule has 0 bridgehead atoms. The molecule has 0 aliphatic heterocycles. The first kappa shape index (κ1) is 16.2. The monoisotopic (exact) mass is 358 g/mol. The van der Waals surface area contributed by atoms with E-state index >= 15 is 0 Å². The van der Waals surface area contributed by atoms with E-state index in [2.05, 4.69) is 15.3 Å². The zero-order chi connectivity index (χ0) is 18.3. The molecule has 3 aromatic heterocycles. The van der Waals surface area contributed by atoms with Gasteiger partial charge in [0.2, 0.25) is 5.95 Å². The minimum atomic E-state index is -4.40. The minimum Gasteiger partial charge on any atom is -0.472 e. The van der Waals surface area contributed by atoms with Crippen molar-refractivity contribution in [3.8, 4) is 11.3 Å². The molecule has 26 heavy (non-hydrogen) atoms. The van der Waals surface area contributed by atoms with E-state index in [-0.39, 0.29) is 0 Å². The van der Waals surface area contributed by atoms with Crippen LogP contribution >= 0.6 is 0 Å². The smallest absolute Gasteiger partial charge is 0.416 e. The van der Waals surface area contributed by atoms with E-state index in [0.717, 1.165) is 28.9 Å². The molecular formula is C18H13F3N4O. The van der Waals surface area contributed by atoms with E-state index in [1.807, 2.05) is 6.07 Å². The maximum absolute atomic E-state index is 12.9. The van der Waals surface area contributed by atoms with E-state index in [9.17, 15) is 13.2 Å².